The van der Waals surface area contributed by atoms with E-state index in [0.717, 1.165) is 36.3 Å². The fourth-order valence-electron chi connectivity index (χ4n) is 4.35. The summed E-state index contributed by atoms with van der Waals surface area (Å²) in [4.78, 5) is 15.1. The Morgan fingerprint density at radius 1 is 1.32 bits per heavy atom. The molecule has 1 amide bonds. The summed E-state index contributed by atoms with van der Waals surface area (Å²) in [7, 11) is 1.62. The average molecular weight is 469 g/mol. The van der Waals surface area contributed by atoms with E-state index in [-0.39, 0.29) is 18.6 Å². The second-order valence-electron chi connectivity index (χ2n) is 8.56. The number of nitriles is 1. The molecule has 2 aromatic rings. The lowest BCUT2D eigenvalue weighted by Gasteiger charge is -2.22. The number of likely N-dealkylation sites (N-methyl/N-ethyl adjacent to an activating group) is 1. The minimum Gasteiger partial charge on any atom is -0.493 e. The topological polar surface area (TPSA) is 88.8 Å². The van der Waals surface area contributed by atoms with Crippen molar-refractivity contribution in [1.82, 2.24) is 9.47 Å². The molecule has 0 bridgehead atoms. The van der Waals surface area contributed by atoms with Gasteiger partial charge >= 0.3 is 0 Å². The third-order valence-corrected chi connectivity index (χ3v) is 6.36. The van der Waals surface area contributed by atoms with Crippen molar-refractivity contribution in [2.45, 2.75) is 59.7 Å². The number of amides is 1. The summed E-state index contributed by atoms with van der Waals surface area (Å²) in [6.07, 6.45) is 2.13. The van der Waals surface area contributed by atoms with Crippen molar-refractivity contribution >= 4 is 11.7 Å². The number of nitrogens with zero attached hydrogens (tertiary/aromatic N) is 3. The van der Waals surface area contributed by atoms with Gasteiger partial charge in [-0.05, 0) is 63.4 Å². The molecular weight excluding hydrogens is 432 g/mol. The molecule has 1 fully saturated rings. The van der Waals surface area contributed by atoms with Gasteiger partial charge in [-0.25, -0.2) is 0 Å². The van der Waals surface area contributed by atoms with E-state index in [9.17, 15) is 10.1 Å². The van der Waals surface area contributed by atoms with Gasteiger partial charge in [0.25, 0.3) is 0 Å². The predicted octanol–water partition coefficient (Wildman–Crippen LogP) is 4.02. The lowest BCUT2D eigenvalue weighted by molar-refractivity contribution is -0.117. The molecule has 2 heterocycles. The van der Waals surface area contributed by atoms with E-state index in [1.165, 1.54) is 0 Å². The SMILES string of the molecule is CCOc1ccc(CN(CC)CC(=O)Nc2c(C#N)c(C)c(C)n2C[C@@H]2CCCO2)cc1OC. The Hall–Kier alpha value is -3.02. The number of benzene rings is 1. The zero-order valence-corrected chi connectivity index (χ0v) is 20.9. The molecule has 1 N–H and O–H groups in total. The van der Waals surface area contributed by atoms with Crippen molar-refractivity contribution in [2.24, 2.45) is 0 Å². The number of rotatable bonds is 11. The molecule has 1 atom stereocenters. The van der Waals surface area contributed by atoms with Crippen LogP contribution in [0.15, 0.2) is 18.2 Å². The number of aromatic nitrogens is 1. The molecule has 0 spiro atoms. The number of hydrogen-bond acceptors (Lipinski definition) is 6. The standard InChI is InChI=1S/C26H36N4O4/c1-6-29(15-20-10-11-23(33-7-2)24(13-20)32-5)17-25(31)28-26-22(14-27)18(3)19(4)30(26)16-21-9-8-12-34-21/h10-11,13,21H,6-9,12,15-17H2,1-5H3,(H,28,31)/t21-/m0/s1. The molecule has 34 heavy (non-hydrogen) atoms. The molecular formula is C26H36N4O4. The largest absolute Gasteiger partial charge is 0.493 e. The summed E-state index contributed by atoms with van der Waals surface area (Å²) in [5, 5.41) is 12.8. The monoisotopic (exact) mass is 468 g/mol. The van der Waals surface area contributed by atoms with Crippen LogP contribution in [0, 0.1) is 25.2 Å². The maximum Gasteiger partial charge on any atom is 0.239 e. The first-order valence-electron chi connectivity index (χ1n) is 11.9. The van der Waals surface area contributed by atoms with Gasteiger partial charge in [-0.15, -0.1) is 0 Å². The van der Waals surface area contributed by atoms with Crippen LogP contribution in [0.25, 0.3) is 0 Å². The van der Waals surface area contributed by atoms with Gasteiger partial charge in [-0.2, -0.15) is 5.26 Å². The van der Waals surface area contributed by atoms with Gasteiger partial charge in [0.1, 0.15) is 11.9 Å². The molecule has 1 saturated heterocycles. The van der Waals surface area contributed by atoms with Crippen LogP contribution >= 0.6 is 0 Å². The van der Waals surface area contributed by atoms with Gasteiger partial charge in [0.15, 0.2) is 11.5 Å². The van der Waals surface area contributed by atoms with Crippen molar-refractivity contribution in [3.05, 3.63) is 40.6 Å². The zero-order chi connectivity index (χ0) is 24.7. The van der Waals surface area contributed by atoms with Gasteiger partial charge < -0.3 is 24.1 Å². The Morgan fingerprint density at radius 2 is 2.12 bits per heavy atom. The zero-order valence-electron chi connectivity index (χ0n) is 20.9. The molecule has 8 nitrogen and oxygen atoms in total. The third-order valence-electron chi connectivity index (χ3n) is 6.36. The highest BCUT2D eigenvalue weighted by Gasteiger charge is 2.24. The lowest BCUT2D eigenvalue weighted by atomic mass is 10.2. The molecule has 184 valence electrons. The van der Waals surface area contributed by atoms with Gasteiger partial charge in [-0.1, -0.05) is 13.0 Å². The minimum absolute atomic E-state index is 0.106. The Kier molecular flexibility index (Phi) is 8.97. The number of anilines is 1. The van der Waals surface area contributed by atoms with E-state index >= 15 is 0 Å². The summed E-state index contributed by atoms with van der Waals surface area (Å²) in [5.74, 6) is 1.80. The van der Waals surface area contributed by atoms with Crippen molar-refractivity contribution in [1.29, 1.82) is 5.26 Å². The number of methoxy groups -OCH3 is 1. The molecule has 0 unspecified atom stereocenters. The van der Waals surface area contributed by atoms with E-state index in [1.807, 2.05) is 55.4 Å². The number of carbonyl (C=O) groups is 1. The fraction of sp³-hybridized carbons (Fsp3) is 0.538. The Bertz CT molecular complexity index is 1030. The molecule has 1 aliphatic rings. The predicted molar refractivity (Wildman–Crippen MR) is 131 cm³/mol. The smallest absolute Gasteiger partial charge is 0.239 e. The Labute approximate surface area is 202 Å². The molecule has 3 rings (SSSR count). The van der Waals surface area contributed by atoms with E-state index in [2.05, 4.69) is 11.4 Å². The van der Waals surface area contributed by atoms with Crippen molar-refractivity contribution in [2.75, 3.05) is 38.7 Å². The molecule has 0 radical (unpaired) electrons. The highest BCUT2D eigenvalue weighted by atomic mass is 16.5. The quantitative estimate of drug-likeness (QED) is 0.536. The molecule has 1 aromatic carbocycles. The van der Waals surface area contributed by atoms with E-state index in [0.29, 0.717) is 49.1 Å². The van der Waals surface area contributed by atoms with Gasteiger partial charge in [0, 0.05) is 18.8 Å². The van der Waals surface area contributed by atoms with Crippen LogP contribution in [0.3, 0.4) is 0 Å². The summed E-state index contributed by atoms with van der Waals surface area (Å²) in [6, 6.07) is 8.10. The minimum atomic E-state index is -0.151. The fourth-order valence-corrected chi connectivity index (χ4v) is 4.35. The summed E-state index contributed by atoms with van der Waals surface area (Å²) >= 11 is 0. The van der Waals surface area contributed by atoms with Crippen molar-refractivity contribution in [3.8, 4) is 17.6 Å². The van der Waals surface area contributed by atoms with Crippen LogP contribution in [0.2, 0.25) is 0 Å². The Morgan fingerprint density at radius 3 is 2.74 bits per heavy atom. The summed E-state index contributed by atoms with van der Waals surface area (Å²) < 4.78 is 18.9. The molecule has 1 aliphatic heterocycles. The molecule has 0 saturated carbocycles. The van der Waals surface area contributed by atoms with Crippen molar-refractivity contribution in [3.63, 3.8) is 0 Å². The summed E-state index contributed by atoms with van der Waals surface area (Å²) in [5.41, 5.74) is 3.42. The van der Waals surface area contributed by atoms with Crippen LogP contribution < -0.4 is 14.8 Å². The normalized spacial score (nSPS) is 15.4. The number of ether oxygens (including phenoxy) is 3. The molecule has 8 heteroatoms. The second kappa shape index (κ2) is 11.9. The van der Waals surface area contributed by atoms with E-state index in [4.69, 9.17) is 14.2 Å². The maximum absolute atomic E-state index is 13.1. The lowest BCUT2D eigenvalue weighted by Crippen LogP contribution is -2.33. The third kappa shape index (κ3) is 5.91. The highest BCUT2D eigenvalue weighted by Crippen LogP contribution is 2.30. The van der Waals surface area contributed by atoms with E-state index in [1.54, 1.807) is 7.11 Å². The first-order valence-corrected chi connectivity index (χ1v) is 11.9. The van der Waals surface area contributed by atoms with Crippen LogP contribution in [0.4, 0.5) is 5.82 Å². The van der Waals surface area contributed by atoms with E-state index < -0.39 is 0 Å². The van der Waals surface area contributed by atoms with Gasteiger partial charge in [0.05, 0.1) is 38.5 Å². The number of hydrogen-bond donors (Lipinski definition) is 1. The molecule has 0 aliphatic carbocycles. The first-order chi connectivity index (χ1) is 16.4. The van der Waals surface area contributed by atoms with Crippen LogP contribution in [0.1, 0.15) is 49.1 Å². The second-order valence-corrected chi connectivity index (χ2v) is 8.56. The molecule has 1 aromatic heterocycles. The Balaban J connectivity index is 1.73. The number of nitrogens with one attached hydrogen (secondary N) is 1. The van der Waals surface area contributed by atoms with Crippen molar-refractivity contribution < 1.29 is 19.0 Å². The first kappa shape index (κ1) is 25.6. The van der Waals surface area contributed by atoms with Gasteiger partial charge in [-0.3, -0.25) is 9.69 Å². The maximum atomic E-state index is 13.1. The summed E-state index contributed by atoms with van der Waals surface area (Å²) in [6.45, 7) is 11.3. The average Bonchev–Trinajstić information content (AvgIpc) is 3.42. The van der Waals surface area contributed by atoms with Crippen LogP contribution in [-0.4, -0.2) is 54.9 Å². The van der Waals surface area contributed by atoms with Crippen LogP contribution in [0.5, 0.6) is 11.5 Å². The van der Waals surface area contributed by atoms with Crippen LogP contribution in [-0.2, 0) is 22.6 Å². The highest BCUT2D eigenvalue weighted by molar-refractivity contribution is 5.93. The number of carbonyl (C=O) groups excluding carboxylic acids is 1. The van der Waals surface area contributed by atoms with Gasteiger partial charge in [0.2, 0.25) is 5.91 Å².